The minimum atomic E-state index is -0.541. The second-order valence-corrected chi connectivity index (χ2v) is 5.85. The second kappa shape index (κ2) is 5.92. The predicted molar refractivity (Wildman–Crippen MR) is 88.3 cm³/mol. The SMILES string of the molecule is O=C(Nc1ccc(-c2cnc(C3CC3)o2)cc1)c1ccccc1F. The fraction of sp³-hybridized carbons (Fsp3) is 0.158. The van der Waals surface area contributed by atoms with Crippen LogP contribution in [0.2, 0.25) is 0 Å². The molecule has 24 heavy (non-hydrogen) atoms. The Morgan fingerprint density at radius 2 is 1.88 bits per heavy atom. The van der Waals surface area contributed by atoms with Crippen molar-refractivity contribution in [3.8, 4) is 11.3 Å². The average molecular weight is 322 g/mol. The van der Waals surface area contributed by atoms with Gasteiger partial charge in [0.15, 0.2) is 11.7 Å². The minimum absolute atomic E-state index is 0.0193. The van der Waals surface area contributed by atoms with Gasteiger partial charge in [-0.2, -0.15) is 0 Å². The summed E-state index contributed by atoms with van der Waals surface area (Å²) in [6.07, 6.45) is 4.00. The van der Waals surface area contributed by atoms with E-state index in [4.69, 9.17) is 4.42 Å². The topological polar surface area (TPSA) is 55.1 Å². The molecule has 1 fully saturated rings. The average Bonchev–Trinajstić information content (AvgIpc) is 3.33. The maximum atomic E-state index is 13.6. The van der Waals surface area contributed by atoms with Gasteiger partial charge in [-0.05, 0) is 49.2 Å². The number of oxazole rings is 1. The van der Waals surface area contributed by atoms with Crippen LogP contribution in [-0.2, 0) is 0 Å². The number of amides is 1. The number of anilines is 1. The van der Waals surface area contributed by atoms with Gasteiger partial charge in [-0.3, -0.25) is 4.79 Å². The van der Waals surface area contributed by atoms with Gasteiger partial charge in [0, 0.05) is 17.2 Å². The maximum Gasteiger partial charge on any atom is 0.258 e. The van der Waals surface area contributed by atoms with Gasteiger partial charge in [0.05, 0.1) is 11.8 Å². The van der Waals surface area contributed by atoms with Crippen molar-refractivity contribution >= 4 is 11.6 Å². The highest BCUT2D eigenvalue weighted by atomic mass is 19.1. The molecular formula is C19H15FN2O2. The van der Waals surface area contributed by atoms with Crippen molar-refractivity contribution in [1.82, 2.24) is 4.98 Å². The maximum absolute atomic E-state index is 13.6. The van der Waals surface area contributed by atoms with Crippen LogP contribution >= 0.6 is 0 Å². The van der Waals surface area contributed by atoms with E-state index < -0.39 is 11.7 Å². The first-order valence-electron chi connectivity index (χ1n) is 7.83. The highest BCUT2D eigenvalue weighted by Crippen LogP contribution is 2.40. The van der Waals surface area contributed by atoms with E-state index in [2.05, 4.69) is 10.3 Å². The van der Waals surface area contributed by atoms with E-state index >= 15 is 0 Å². The third kappa shape index (κ3) is 2.93. The van der Waals surface area contributed by atoms with Crippen molar-refractivity contribution in [3.63, 3.8) is 0 Å². The van der Waals surface area contributed by atoms with Crippen LogP contribution in [0.3, 0.4) is 0 Å². The summed E-state index contributed by atoms with van der Waals surface area (Å²) < 4.78 is 19.4. The lowest BCUT2D eigenvalue weighted by atomic mass is 10.1. The lowest BCUT2D eigenvalue weighted by Gasteiger charge is -2.06. The lowest BCUT2D eigenvalue weighted by Crippen LogP contribution is -2.13. The number of carbonyl (C=O) groups is 1. The highest BCUT2D eigenvalue weighted by Gasteiger charge is 2.28. The molecule has 5 heteroatoms. The molecule has 2 aromatic carbocycles. The number of rotatable bonds is 4. The summed E-state index contributed by atoms with van der Waals surface area (Å²) in [6.45, 7) is 0. The van der Waals surface area contributed by atoms with Crippen LogP contribution in [0.15, 0.2) is 59.1 Å². The number of nitrogens with one attached hydrogen (secondary N) is 1. The Labute approximate surface area is 138 Å². The standard InChI is InChI=1S/C19H15FN2O2/c20-16-4-2-1-3-15(16)18(23)22-14-9-7-12(8-10-14)17-11-21-19(24-17)13-5-6-13/h1-4,7-11,13H,5-6H2,(H,22,23). The number of hydrogen-bond acceptors (Lipinski definition) is 3. The zero-order valence-electron chi connectivity index (χ0n) is 12.8. The van der Waals surface area contributed by atoms with Crippen LogP contribution < -0.4 is 5.32 Å². The fourth-order valence-electron chi connectivity index (χ4n) is 2.50. The zero-order valence-corrected chi connectivity index (χ0v) is 12.8. The van der Waals surface area contributed by atoms with E-state index in [0.717, 1.165) is 24.3 Å². The Kier molecular flexibility index (Phi) is 3.61. The quantitative estimate of drug-likeness (QED) is 0.763. The molecule has 4 nitrogen and oxygen atoms in total. The van der Waals surface area contributed by atoms with Crippen LogP contribution in [0.5, 0.6) is 0 Å². The number of halogens is 1. The Hall–Kier alpha value is -2.95. The number of benzene rings is 2. The van der Waals surface area contributed by atoms with Crippen molar-refractivity contribution in [3.05, 3.63) is 72.0 Å². The summed E-state index contributed by atoms with van der Waals surface area (Å²) in [5, 5.41) is 2.69. The molecule has 0 radical (unpaired) electrons. The molecule has 4 rings (SSSR count). The Balaban J connectivity index is 1.49. The summed E-state index contributed by atoms with van der Waals surface area (Å²) in [5.74, 6) is 0.960. The number of nitrogens with zero attached hydrogens (tertiary/aromatic N) is 1. The normalized spacial score (nSPS) is 13.7. The van der Waals surface area contributed by atoms with E-state index in [0.29, 0.717) is 17.4 Å². The van der Waals surface area contributed by atoms with E-state index in [1.807, 2.05) is 12.1 Å². The molecule has 1 aromatic heterocycles. The van der Waals surface area contributed by atoms with Gasteiger partial charge in [0.2, 0.25) is 0 Å². The van der Waals surface area contributed by atoms with Gasteiger partial charge in [-0.15, -0.1) is 0 Å². The molecule has 1 aliphatic carbocycles. The minimum Gasteiger partial charge on any atom is -0.440 e. The Morgan fingerprint density at radius 1 is 1.12 bits per heavy atom. The largest absolute Gasteiger partial charge is 0.440 e. The molecule has 0 aliphatic heterocycles. The van der Waals surface area contributed by atoms with Crippen molar-refractivity contribution in [2.75, 3.05) is 5.32 Å². The van der Waals surface area contributed by atoms with Gasteiger partial charge in [0.25, 0.3) is 5.91 Å². The summed E-state index contributed by atoms with van der Waals surface area (Å²) in [6, 6.07) is 13.1. The van der Waals surface area contributed by atoms with Crippen molar-refractivity contribution in [2.45, 2.75) is 18.8 Å². The first-order chi connectivity index (χ1) is 11.7. The van der Waals surface area contributed by atoms with Gasteiger partial charge in [-0.1, -0.05) is 12.1 Å². The molecule has 1 amide bonds. The lowest BCUT2D eigenvalue weighted by molar-refractivity contribution is 0.102. The number of hydrogen-bond donors (Lipinski definition) is 1. The number of aromatic nitrogens is 1. The zero-order chi connectivity index (χ0) is 16.5. The summed E-state index contributed by atoms with van der Waals surface area (Å²) in [7, 11) is 0. The molecule has 0 saturated heterocycles. The molecule has 1 heterocycles. The van der Waals surface area contributed by atoms with Gasteiger partial charge < -0.3 is 9.73 Å². The van der Waals surface area contributed by atoms with Crippen LogP contribution in [0.4, 0.5) is 10.1 Å². The Morgan fingerprint density at radius 3 is 2.58 bits per heavy atom. The fourth-order valence-corrected chi connectivity index (χ4v) is 2.50. The molecule has 0 spiro atoms. The van der Waals surface area contributed by atoms with E-state index in [1.54, 1.807) is 30.5 Å². The van der Waals surface area contributed by atoms with E-state index in [1.165, 1.54) is 12.1 Å². The second-order valence-electron chi connectivity index (χ2n) is 5.85. The molecule has 0 atom stereocenters. The van der Waals surface area contributed by atoms with Crippen molar-refractivity contribution in [2.24, 2.45) is 0 Å². The van der Waals surface area contributed by atoms with Gasteiger partial charge >= 0.3 is 0 Å². The molecule has 1 aliphatic rings. The van der Waals surface area contributed by atoms with Gasteiger partial charge in [-0.25, -0.2) is 9.37 Å². The van der Waals surface area contributed by atoms with Crippen molar-refractivity contribution < 1.29 is 13.6 Å². The van der Waals surface area contributed by atoms with Crippen LogP contribution in [0, 0.1) is 5.82 Å². The van der Waals surface area contributed by atoms with Crippen LogP contribution in [-0.4, -0.2) is 10.9 Å². The first kappa shape index (κ1) is 14.6. The summed E-state index contributed by atoms with van der Waals surface area (Å²) in [4.78, 5) is 16.4. The smallest absolute Gasteiger partial charge is 0.258 e. The van der Waals surface area contributed by atoms with E-state index in [9.17, 15) is 9.18 Å². The molecular weight excluding hydrogens is 307 g/mol. The molecule has 1 saturated carbocycles. The predicted octanol–water partition coefficient (Wildman–Crippen LogP) is 4.61. The third-order valence-corrected chi connectivity index (χ3v) is 4.00. The van der Waals surface area contributed by atoms with Crippen LogP contribution in [0.1, 0.15) is 35.0 Å². The Bertz CT molecular complexity index is 882. The van der Waals surface area contributed by atoms with Gasteiger partial charge in [0.1, 0.15) is 5.82 Å². The molecule has 1 N–H and O–H groups in total. The number of carbonyl (C=O) groups excluding carboxylic acids is 1. The molecule has 3 aromatic rings. The summed E-state index contributed by atoms with van der Waals surface area (Å²) in [5.41, 5.74) is 1.50. The summed E-state index contributed by atoms with van der Waals surface area (Å²) >= 11 is 0. The third-order valence-electron chi connectivity index (χ3n) is 4.00. The van der Waals surface area contributed by atoms with Crippen molar-refractivity contribution in [1.29, 1.82) is 0 Å². The molecule has 120 valence electrons. The first-order valence-corrected chi connectivity index (χ1v) is 7.83. The molecule has 0 unspecified atom stereocenters. The highest BCUT2D eigenvalue weighted by molar-refractivity contribution is 6.04. The van der Waals surface area contributed by atoms with E-state index in [-0.39, 0.29) is 5.56 Å². The molecule has 0 bridgehead atoms. The monoisotopic (exact) mass is 322 g/mol. The van der Waals surface area contributed by atoms with Crippen LogP contribution in [0.25, 0.3) is 11.3 Å².